The van der Waals surface area contributed by atoms with Gasteiger partial charge in [0.1, 0.15) is 11.8 Å². The minimum Gasteiger partial charge on any atom is -0.496 e. The first-order chi connectivity index (χ1) is 10.9. The molecule has 1 N–H and O–H groups in total. The number of benzene rings is 1. The highest BCUT2D eigenvalue weighted by Gasteiger charge is 2.22. The summed E-state index contributed by atoms with van der Waals surface area (Å²) >= 11 is 0. The van der Waals surface area contributed by atoms with Gasteiger partial charge in [-0.05, 0) is 49.9 Å². The Morgan fingerprint density at radius 3 is 2.61 bits per heavy atom. The fraction of sp³-hybridized carbons (Fsp3) is 0.471. The van der Waals surface area contributed by atoms with E-state index in [1.807, 2.05) is 6.92 Å². The van der Waals surface area contributed by atoms with Crippen molar-refractivity contribution in [3.8, 4) is 5.75 Å². The van der Waals surface area contributed by atoms with Crippen molar-refractivity contribution in [3.05, 3.63) is 41.0 Å². The number of carbonyl (C=O) groups excluding carboxylic acids is 1. The van der Waals surface area contributed by atoms with E-state index in [-0.39, 0.29) is 11.9 Å². The summed E-state index contributed by atoms with van der Waals surface area (Å²) in [7, 11) is 1.61. The molecule has 6 nitrogen and oxygen atoms in total. The molecule has 1 amide bonds. The van der Waals surface area contributed by atoms with Crippen molar-refractivity contribution in [3.63, 3.8) is 0 Å². The molecule has 0 bridgehead atoms. The van der Waals surface area contributed by atoms with Gasteiger partial charge < -0.3 is 14.6 Å². The van der Waals surface area contributed by atoms with Gasteiger partial charge in [-0.25, -0.2) is 0 Å². The van der Waals surface area contributed by atoms with Gasteiger partial charge in [0.15, 0.2) is 5.82 Å². The molecule has 2 rings (SSSR count). The van der Waals surface area contributed by atoms with E-state index in [0.717, 1.165) is 17.7 Å². The Balaban J connectivity index is 2.18. The summed E-state index contributed by atoms with van der Waals surface area (Å²) in [5, 5.41) is 6.79. The fourth-order valence-electron chi connectivity index (χ4n) is 2.41. The first-order valence-electron chi connectivity index (χ1n) is 7.66. The summed E-state index contributed by atoms with van der Waals surface area (Å²) in [5.41, 5.74) is 1.49. The molecule has 0 aliphatic carbocycles. The van der Waals surface area contributed by atoms with Crippen LogP contribution in [0.3, 0.4) is 0 Å². The molecule has 124 valence electrons. The van der Waals surface area contributed by atoms with Crippen molar-refractivity contribution in [2.75, 3.05) is 7.11 Å². The Morgan fingerprint density at radius 1 is 1.35 bits per heavy atom. The summed E-state index contributed by atoms with van der Waals surface area (Å²) in [4.78, 5) is 16.8. The largest absolute Gasteiger partial charge is 0.496 e. The van der Waals surface area contributed by atoms with Crippen molar-refractivity contribution in [1.29, 1.82) is 0 Å². The lowest BCUT2D eigenvalue weighted by atomic mass is 10.0. The van der Waals surface area contributed by atoms with E-state index in [9.17, 15) is 4.79 Å². The molecule has 0 fully saturated rings. The van der Waals surface area contributed by atoms with Gasteiger partial charge in [0, 0.05) is 5.56 Å². The first kappa shape index (κ1) is 17.0. The van der Waals surface area contributed by atoms with Crippen molar-refractivity contribution < 1.29 is 14.1 Å². The Bertz CT molecular complexity index is 679. The number of nitrogens with one attached hydrogen (secondary N) is 1. The van der Waals surface area contributed by atoms with Gasteiger partial charge in [0.25, 0.3) is 5.91 Å². The molecule has 0 aliphatic rings. The molecule has 6 heteroatoms. The molecule has 1 aromatic carbocycles. The number of methoxy groups -OCH3 is 1. The van der Waals surface area contributed by atoms with Gasteiger partial charge in [-0.2, -0.15) is 4.98 Å². The van der Waals surface area contributed by atoms with Crippen LogP contribution in [-0.2, 0) is 0 Å². The molecule has 0 saturated heterocycles. The minimum absolute atomic E-state index is 0.169. The number of aromatic nitrogens is 2. The van der Waals surface area contributed by atoms with Crippen molar-refractivity contribution in [2.24, 2.45) is 5.92 Å². The average Bonchev–Trinajstić information content (AvgIpc) is 2.92. The maximum atomic E-state index is 12.5. The Hall–Kier alpha value is -2.37. The summed E-state index contributed by atoms with van der Waals surface area (Å²) in [6, 6.07) is 5.04. The topological polar surface area (TPSA) is 77.2 Å². The molecule has 0 spiro atoms. The van der Waals surface area contributed by atoms with Crippen LogP contribution in [-0.4, -0.2) is 23.2 Å². The van der Waals surface area contributed by atoms with E-state index < -0.39 is 0 Å². The zero-order valence-corrected chi connectivity index (χ0v) is 14.2. The van der Waals surface area contributed by atoms with Crippen LogP contribution in [0.1, 0.15) is 53.9 Å². The molecule has 1 atom stereocenters. The predicted molar refractivity (Wildman–Crippen MR) is 86.4 cm³/mol. The molecule has 2 aromatic rings. The van der Waals surface area contributed by atoms with E-state index in [4.69, 9.17) is 9.26 Å². The van der Waals surface area contributed by atoms with Gasteiger partial charge in [0.05, 0.1) is 7.11 Å². The summed E-state index contributed by atoms with van der Waals surface area (Å²) in [6.45, 7) is 7.83. The van der Waals surface area contributed by atoms with Crippen molar-refractivity contribution in [2.45, 2.75) is 40.2 Å². The maximum absolute atomic E-state index is 12.5. The molecule has 23 heavy (non-hydrogen) atoms. The zero-order chi connectivity index (χ0) is 17.0. The van der Waals surface area contributed by atoms with Gasteiger partial charge in [-0.15, -0.1) is 0 Å². The van der Waals surface area contributed by atoms with E-state index in [1.165, 1.54) is 0 Å². The van der Waals surface area contributed by atoms with E-state index in [0.29, 0.717) is 23.2 Å². The first-order valence-corrected chi connectivity index (χ1v) is 7.66. The fourth-order valence-corrected chi connectivity index (χ4v) is 2.41. The molecular weight excluding hydrogens is 294 g/mol. The predicted octanol–water partition coefficient (Wildman–Crippen LogP) is 3.21. The number of hydrogen-bond acceptors (Lipinski definition) is 5. The second-order valence-corrected chi connectivity index (χ2v) is 6.02. The normalized spacial score (nSPS) is 12.3. The van der Waals surface area contributed by atoms with Crippen LogP contribution in [0, 0.1) is 19.8 Å². The summed E-state index contributed by atoms with van der Waals surface area (Å²) < 4.78 is 10.4. The number of nitrogens with zero attached hydrogens (tertiary/aromatic N) is 2. The monoisotopic (exact) mass is 317 g/mol. The van der Waals surface area contributed by atoms with Crippen molar-refractivity contribution >= 4 is 5.91 Å². The highest BCUT2D eigenvalue weighted by molar-refractivity contribution is 5.94. The van der Waals surface area contributed by atoms with Gasteiger partial charge in [0.2, 0.25) is 5.89 Å². The lowest BCUT2D eigenvalue weighted by Crippen LogP contribution is -2.29. The second-order valence-electron chi connectivity index (χ2n) is 6.02. The summed E-state index contributed by atoms with van der Waals surface area (Å²) in [6.07, 6.45) is 0.725. The van der Waals surface area contributed by atoms with Gasteiger partial charge in [-0.1, -0.05) is 19.0 Å². The Kier molecular flexibility index (Phi) is 5.36. The third-order valence-corrected chi connectivity index (χ3v) is 3.51. The molecule has 1 heterocycles. The molecule has 0 saturated carbocycles. The Morgan fingerprint density at radius 2 is 2.09 bits per heavy atom. The van der Waals surface area contributed by atoms with Gasteiger partial charge >= 0.3 is 0 Å². The second kappa shape index (κ2) is 7.26. The number of carbonyl (C=O) groups is 1. The lowest BCUT2D eigenvalue weighted by Gasteiger charge is -2.17. The summed E-state index contributed by atoms with van der Waals surface area (Å²) in [5.74, 6) is 1.97. The maximum Gasteiger partial charge on any atom is 0.251 e. The zero-order valence-electron chi connectivity index (χ0n) is 14.2. The van der Waals surface area contributed by atoms with Crippen LogP contribution >= 0.6 is 0 Å². The number of aryl methyl sites for hydroxylation is 2. The minimum atomic E-state index is -0.300. The quantitative estimate of drug-likeness (QED) is 0.885. The highest BCUT2D eigenvalue weighted by Crippen LogP contribution is 2.22. The third-order valence-electron chi connectivity index (χ3n) is 3.51. The van der Waals surface area contributed by atoms with Gasteiger partial charge in [-0.3, -0.25) is 4.79 Å². The van der Waals surface area contributed by atoms with E-state index in [1.54, 1.807) is 32.2 Å². The molecule has 0 unspecified atom stereocenters. The van der Waals surface area contributed by atoms with Crippen LogP contribution in [0.25, 0.3) is 0 Å². The van der Waals surface area contributed by atoms with Crippen LogP contribution in [0.5, 0.6) is 5.75 Å². The number of amides is 1. The van der Waals surface area contributed by atoms with Crippen LogP contribution in [0.2, 0.25) is 0 Å². The van der Waals surface area contributed by atoms with Crippen LogP contribution in [0.15, 0.2) is 22.7 Å². The SMILES string of the molecule is COc1ccc(C(=O)N[C@H](CC(C)C)c2nc(C)no2)cc1C. The molecule has 1 aromatic heterocycles. The molecule has 0 aliphatic heterocycles. The smallest absolute Gasteiger partial charge is 0.251 e. The molecule has 0 radical (unpaired) electrons. The average molecular weight is 317 g/mol. The number of rotatable bonds is 6. The third kappa shape index (κ3) is 4.31. The Labute approximate surface area is 136 Å². The van der Waals surface area contributed by atoms with Crippen molar-refractivity contribution in [1.82, 2.24) is 15.5 Å². The lowest BCUT2D eigenvalue weighted by molar-refractivity contribution is 0.0922. The van der Waals surface area contributed by atoms with E-state index >= 15 is 0 Å². The number of hydrogen-bond donors (Lipinski definition) is 1. The van der Waals surface area contributed by atoms with Crippen LogP contribution in [0.4, 0.5) is 0 Å². The number of ether oxygens (including phenoxy) is 1. The van der Waals surface area contributed by atoms with E-state index in [2.05, 4.69) is 29.3 Å². The molecular formula is C17H23N3O3. The highest BCUT2D eigenvalue weighted by atomic mass is 16.5. The van der Waals surface area contributed by atoms with Crippen LogP contribution < -0.4 is 10.1 Å². The standard InChI is InChI=1S/C17H23N3O3/c1-10(2)8-14(17-18-12(4)20-23-17)19-16(21)13-6-7-15(22-5)11(3)9-13/h6-7,9-10,14H,8H2,1-5H3,(H,19,21)/t14-/m1/s1.